The van der Waals surface area contributed by atoms with Crippen molar-refractivity contribution in [3.05, 3.63) is 88.9 Å². The highest BCUT2D eigenvalue weighted by Crippen LogP contribution is 2.27. The monoisotopic (exact) mass is 629 g/mol. The Morgan fingerprint density at radius 2 is 1.70 bits per heavy atom. The van der Waals surface area contributed by atoms with Gasteiger partial charge in [0, 0.05) is 17.6 Å². The summed E-state index contributed by atoms with van der Waals surface area (Å²) in [5.41, 5.74) is 1.08. The van der Waals surface area contributed by atoms with Crippen LogP contribution in [0, 0.1) is 0 Å². The second-order valence-corrected chi connectivity index (χ2v) is 12.0. The molecule has 0 aromatic heterocycles. The maximum Gasteiger partial charge on any atom is 0.264 e. The number of amides is 2. The maximum absolute atomic E-state index is 14.1. The molecule has 10 heteroatoms. The quantitative estimate of drug-likeness (QED) is 0.242. The summed E-state index contributed by atoms with van der Waals surface area (Å²) in [6.07, 6.45) is 2.09. The highest BCUT2D eigenvalue weighted by Gasteiger charge is 2.33. The largest absolute Gasteiger partial charge is 0.497 e. The van der Waals surface area contributed by atoms with Crippen LogP contribution in [0.15, 0.2) is 88.2 Å². The molecule has 40 heavy (non-hydrogen) atoms. The summed E-state index contributed by atoms with van der Waals surface area (Å²) in [7, 11) is -2.55. The average molecular weight is 631 g/mol. The lowest BCUT2D eigenvalue weighted by molar-refractivity contribution is -0.140. The van der Waals surface area contributed by atoms with E-state index in [1.165, 1.54) is 17.0 Å². The van der Waals surface area contributed by atoms with E-state index in [0.717, 1.165) is 22.7 Å². The summed E-state index contributed by atoms with van der Waals surface area (Å²) in [6.45, 7) is 3.98. The third kappa shape index (κ3) is 8.08. The van der Waals surface area contributed by atoms with Crippen LogP contribution in [0.3, 0.4) is 0 Å². The smallest absolute Gasteiger partial charge is 0.264 e. The van der Waals surface area contributed by atoms with E-state index < -0.39 is 28.5 Å². The third-order valence-corrected chi connectivity index (χ3v) is 8.69. The summed E-state index contributed by atoms with van der Waals surface area (Å²) in [4.78, 5) is 28.9. The normalized spacial score (nSPS) is 11.9. The lowest BCUT2D eigenvalue weighted by Crippen LogP contribution is -2.52. The average Bonchev–Trinajstić information content (AvgIpc) is 2.96. The van der Waals surface area contributed by atoms with E-state index in [1.54, 1.807) is 61.7 Å². The van der Waals surface area contributed by atoms with Gasteiger partial charge in [0.25, 0.3) is 10.0 Å². The van der Waals surface area contributed by atoms with Crippen molar-refractivity contribution in [2.24, 2.45) is 0 Å². The van der Waals surface area contributed by atoms with Crippen molar-refractivity contribution in [1.29, 1.82) is 0 Å². The molecule has 3 rings (SSSR count). The van der Waals surface area contributed by atoms with Crippen LogP contribution in [-0.4, -0.2) is 51.4 Å². The van der Waals surface area contributed by atoms with Crippen LogP contribution in [-0.2, 0) is 26.2 Å². The van der Waals surface area contributed by atoms with Gasteiger partial charge < -0.3 is 15.0 Å². The maximum atomic E-state index is 14.1. The highest BCUT2D eigenvalue weighted by molar-refractivity contribution is 9.10. The molecule has 3 aromatic carbocycles. The van der Waals surface area contributed by atoms with Gasteiger partial charge in [0.15, 0.2) is 0 Å². The fourth-order valence-corrected chi connectivity index (χ4v) is 6.09. The van der Waals surface area contributed by atoms with Crippen molar-refractivity contribution in [2.45, 2.75) is 50.6 Å². The summed E-state index contributed by atoms with van der Waals surface area (Å²) in [5, 5.41) is 2.93. The van der Waals surface area contributed by atoms with E-state index in [4.69, 9.17) is 4.74 Å². The van der Waals surface area contributed by atoms with E-state index in [-0.39, 0.29) is 17.3 Å². The van der Waals surface area contributed by atoms with Crippen molar-refractivity contribution in [2.75, 3.05) is 24.5 Å². The minimum atomic E-state index is -4.11. The van der Waals surface area contributed by atoms with E-state index in [0.29, 0.717) is 28.9 Å². The first kappa shape index (κ1) is 31.2. The molecule has 0 spiro atoms. The number of carbonyl (C=O) groups is 2. The topological polar surface area (TPSA) is 96.0 Å². The van der Waals surface area contributed by atoms with Gasteiger partial charge in [-0.25, -0.2) is 8.42 Å². The molecule has 3 aromatic rings. The Morgan fingerprint density at radius 1 is 0.975 bits per heavy atom. The predicted octanol–water partition coefficient (Wildman–Crippen LogP) is 5.38. The molecule has 0 unspecified atom stereocenters. The number of benzene rings is 3. The van der Waals surface area contributed by atoms with E-state index in [1.807, 2.05) is 26.0 Å². The van der Waals surface area contributed by atoms with E-state index >= 15 is 0 Å². The summed E-state index contributed by atoms with van der Waals surface area (Å²) < 4.78 is 34.8. The SMILES string of the molecule is CCCCNC(=O)[C@@H](CC)N(Cc1cccc(OC)c1)C(=O)CN(c1cccc(Br)c1)S(=O)(=O)c1ccccc1. The van der Waals surface area contributed by atoms with Gasteiger partial charge in [-0.05, 0) is 60.9 Å². The number of hydrogen-bond acceptors (Lipinski definition) is 5. The van der Waals surface area contributed by atoms with Crippen molar-refractivity contribution in [1.82, 2.24) is 10.2 Å². The molecule has 1 atom stereocenters. The number of ether oxygens (including phenoxy) is 1. The molecule has 0 heterocycles. The summed E-state index contributed by atoms with van der Waals surface area (Å²) in [6, 6.07) is 21.2. The third-order valence-electron chi connectivity index (χ3n) is 6.41. The Kier molecular flexibility index (Phi) is 11.6. The molecular formula is C30H36BrN3O5S. The first-order chi connectivity index (χ1) is 19.2. The zero-order chi connectivity index (χ0) is 29.1. The number of hydrogen-bond donors (Lipinski definition) is 1. The molecule has 0 saturated heterocycles. The Balaban J connectivity index is 2.03. The molecule has 0 fully saturated rings. The van der Waals surface area contributed by atoms with Crippen LogP contribution >= 0.6 is 15.9 Å². The highest BCUT2D eigenvalue weighted by atomic mass is 79.9. The van der Waals surface area contributed by atoms with Gasteiger partial charge >= 0.3 is 0 Å². The summed E-state index contributed by atoms with van der Waals surface area (Å²) >= 11 is 3.41. The lowest BCUT2D eigenvalue weighted by Gasteiger charge is -2.33. The molecule has 2 amide bonds. The Bertz CT molecular complexity index is 1380. The van der Waals surface area contributed by atoms with Crippen LogP contribution in [0.25, 0.3) is 0 Å². The van der Waals surface area contributed by atoms with Gasteiger partial charge in [0.2, 0.25) is 11.8 Å². The molecule has 214 valence electrons. The second kappa shape index (κ2) is 14.9. The van der Waals surface area contributed by atoms with Crippen LogP contribution in [0.5, 0.6) is 5.75 Å². The standard InChI is InChI=1S/C30H36BrN3O5S/c1-4-6-18-32-30(36)28(5-2)33(21-23-12-10-15-26(19-23)39-3)29(35)22-34(25-14-11-13-24(31)20-25)40(37,38)27-16-8-7-9-17-27/h7-17,19-20,28H,4-6,18,21-22H2,1-3H3,(H,32,36)/t28-/m1/s1. The molecule has 8 nitrogen and oxygen atoms in total. The van der Waals surface area contributed by atoms with E-state index in [9.17, 15) is 18.0 Å². The van der Waals surface area contributed by atoms with Gasteiger partial charge in [-0.3, -0.25) is 13.9 Å². The van der Waals surface area contributed by atoms with Crippen LogP contribution in [0.1, 0.15) is 38.7 Å². The van der Waals surface area contributed by atoms with Crippen LogP contribution in [0.2, 0.25) is 0 Å². The molecular weight excluding hydrogens is 594 g/mol. The van der Waals surface area contributed by atoms with Gasteiger partial charge in [-0.2, -0.15) is 0 Å². The van der Waals surface area contributed by atoms with Crippen LogP contribution < -0.4 is 14.4 Å². The number of nitrogens with zero attached hydrogens (tertiary/aromatic N) is 2. The minimum absolute atomic E-state index is 0.0615. The van der Waals surface area contributed by atoms with Gasteiger partial charge in [-0.1, -0.05) is 72.6 Å². The van der Waals surface area contributed by atoms with Crippen LogP contribution in [0.4, 0.5) is 5.69 Å². The molecule has 0 saturated carbocycles. The fourth-order valence-electron chi connectivity index (χ4n) is 4.27. The number of anilines is 1. The summed E-state index contributed by atoms with van der Waals surface area (Å²) in [5.74, 6) is -0.153. The zero-order valence-electron chi connectivity index (χ0n) is 23.0. The minimum Gasteiger partial charge on any atom is -0.497 e. The molecule has 0 aliphatic carbocycles. The molecule has 1 N–H and O–H groups in total. The molecule has 0 radical (unpaired) electrons. The Morgan fingerprint density at radius 3 is 2.35 bits per heavy atom. The first-order valence-corrected chi connectivity index (χ1v) is 15.5. The van der Waals surface area contributed by atoms with Gasteiger partial charge in [-0.15, -0.1) is 0 Å². The molecule has 0 aliphatic rings. The number of carbonyl (C=O) groups excluding carboxylic acids is 2. The van der Waals surface area contributed by atoms with Crippen molar-refractivity contribution < 1.29 is 22.7 Å². The number of sulfonamides is 1. The number of unbranched alkanes of at least 4 members (excludes halogenated alkanes) is 1. The van der Waals surface area contributed by atoms with Crippen molar-refractivity contribution in [3.8, 4) is 5.75 Å². The Labute approximate surface area is 245 Å². The molecule has 0 bridgehead atoms. The van der Waals surface area contributed by atoms with Crippen molar-refractivity contribution in [3.63, 3.8) is 0 Å². The lowest BCUT2D eigenvalue weighted by atomic mass is 10.1. The van der Waals surface area contributed by atoms with E-state index in [2.05, 4.69) is 21.2 Å². The number of methoxy groups -OCH3 is 1. The fraction of sp³-hybridized carbons (Fsp3) is 0.333. The van der Waals surface area contributed by atoms with Crippen molar-refractivity contribution >= 4 is 43.5 Å². The van der Waals surface area contributed by atoms with Gasteiger partial charge in [0.05, 0.1) is 17.7 Å². The number of nitrogens with one attached hydrogen (secondary N) is 1. The predicted molar refractivity (Wildman–Crippen MR) is 161 cm³/mol. The first-order valence-electron chi connectivity index (χ1n) is 13.2. The number of rotatable bonds is 14. The number of halogens is 1. The van der Waals surface area contributed by atoms with Gasteiger partial charge in [0.1, 0.15) is 18.3 Å². The second-order valence-electron chi connectivity index (χ2n) is 9.25. The Hall–Kier alpha value is -3.37. The zero-order valence-corrected chi connectivity index (χ0v) is 25.4. The molecule has 0 aliphatic heterocycles.